The number of carbonyl (C=O) groups is 2. The van der Waals surface area contributed by atoms with E-state index in [4.69, 9.17) is 0 Å². The fraction of sp³-hybridized carbons (Fsp3) is 0.304. The summed E-state index contributed by atoms with van der Waals surface area (Å²) >= 11 is 1.03. The standard InChI is InChI=1S/C23H23FN4O2S/c1-15-10-12-16(13-11-15)21(22(29)25-17-6-2-3-7-17)28(20-9-5-4-8-18(20)24)23(30)19-14-31-27-26-19/h4-5,8-14,17,21H,2-3,6-7H2,1H3,(H,25,29)/t21-/m0/s1. The Morgan fingerprint density at radius 1 is 1.13 bits per heavy atom. The van der Waals surface area contributed by atoms with Gasteiger partial charge in [0.1, 0.15) is 11.9 Å². The van der Waals surface area contributed by atoms with Gasteiger partial charge >= 0.3 is 0 Å². The van der Waals surface area contributed by atoms with E-state index in [1.54, 1.807) is 24.3 Å². The van der Waals surface area contributed by atoms with Gasteiger partial charge in [-0.3, -0.25) is 14.5 Å². The van der Waals surface area contributed by atoms with Crippen molar-refractivity contribution in [3.8, 4) is 0 Å². The molecule has 8 heteroatoms. The van der Waals surface area contributed by atoms with Crippen molar-refractivity contribution < 1.29 is 14.0 Å². The molecular weight excluding hydrogens is 415 g/mol. The molecule has 0 bridgehead atoms. The second kappa shape index (κ2) is 9.34. The molecule has 4 rings (SSSR count). The molecule has 0 radical (unpaired) electrons. The van der Waals surface area contributed by atoms with E-state index in [1.807, 2.05) is 19.1 Å². The van der Waals surface area contributed by atoms with E-state index in [9.17, 15) is 14.0 Å². The molecule has 1 saturated carbocycles. The third kappa shape index (κ3) is 4.64. The Kier molecular flexibility index (Phi) is 6.36. The van der Waals surface area contributed by atoms with Crippen LogP contribution in [0, 0.1) is 12.7 Å². The topological polar surface area (TPSA) is 75.2 Å². The van der Waals surface area contributed by atoms with E-state index in [2.05, 4.69) is 14.9 Å². The third-order valence-corrected chi connectivity index (χ3v) is 6.02. The maximum absolute atomic E-state index is 14.9. The summed E-state index contributed by atoms with van der Waals surface area (Å²) in [5.41, 5.74) is 1.71. The lowest BCUT2D eigenvalue weighted by Crippen LogP contribution is -2.46. The average Bonchev–Trinajstić information content (AvgIpc) is 3.47. The zero-order chi connectivity index (χ0) is 21.8. The number of hydrogen-bond acceptors (Lipinski definition) is 5. The van der Waals surface area contributed by atoms with Crippen molar-refractivity contribution >= 4 is 29.0 Å². The third-order valence-electron chi connectivity index (χ3n) is 5.51. The second-order valence-corrected chi connectivity index (χ2v) is 8.33. The number of aromatic nitrogens is 2. The maximum atomic E-state index is 14.9. The first-order valence-corrected chi connectivity index (χ1v) is 11.1. The molecule has 1 N–H and O–H groups in total. The molecule has 1 heterocycles. The first-order valence-electron chi connectivity index (χ1n) is 10.3. The summed E-state index contributed by atoms with van der Waals surface area (Å²) in [5.74, 6) is -1.51. The summed E-state index contributed by atoms with van der Waals surface area (Å²) in [6.07, 6.45) is 3.91. The minimum atomic E-state index is -1.05. The first kappa shape index (κ1) is 21.1. The second-order valence-electron chi connectivity index (χ2n) is 7.72. The fourth-order valence-electron chi connectivity index (χ4n) is 3.91. The zero-order valence-electron chi connectivity index (χ0n) is 17.1. The van der Waals surface area contributed by atoms with Crippen LogP contribution in [0.3, 0.4) is 0 Å². The molecule has 31 heavy (non-hydrogen) atoms. The van der Waals surface area contributed by atoms with E-state index in [1.165, 1.54) is 22.4 Å². The molecular formula is C23H23FN4O2S. The van der Waals surface area contributed by atoms with Gasteiger partial charge in [0, 0.05) is 11.4 Å². The van der Waals surface area contributed by atoms with Crippen LogP contribution in [0.15, 0.2) is 53.9 Å². The van der Waals surface area contributed by atoms with E-state index >= 15 is 0 Å². The molecule has 1 aliphatic rings. The number of aryl methyl sites for hydroxylation is 1. The number of hydrogen-bond donors (Lipinski definition) is 1. The molecule has 2 amide bonds. The fourth-order valence-corrected chi connectivity index (χ4v) is 4.34. The van der Waals surface area contributed by atoms with E-state index < -0.39 is 17.8 Å². The van der Waals surface area contributed by atoms with Crippen molar-refractivity contribution in [3.63, 3.8) is 0 Å². The molecule has 2 aromatic carbocycles. The van der Waals surface area contributed by atoms with Crippen molar-refractivity contribution in [2.24, 2.45) is 0 Å². The van der Waals surface area contributed by atoms with Gasteiger partial charge in [0.2, 0.25) is 5.91 Å². The van der Waals surface area contributed by atoms with Crippen molar-refractivity contribution in [1.29, 1.82) is 0 Å². The molecule has 1 aromatic heterocycles. The summed E-state index contributed by atoms with van der Waals surface area (Å²) in [6.45, 7) is 1.94. The predicted molar refractivity (Wildman–Crippen MR) is 117 cm³/mol. The van der Waals surface area contributed by atoms with Crippen molar-refractivity contribution in [2.75, 3.05) is 4.90 Å². The average molecular weight is 439 g/mol. The number of amides is 2. The highest BCUT2D eigenvalue weighted by Crippen LogP contribution is 2.32. The Labute approximate surface area is 184 Å². The predicted octanol–water partition coefficient (Wildman–Crippen LogP) is 4.43. The molecule has 0 spiro atoms. The smallest absolute Gasteiger partial charge is 0.280 e. The number of carbonyl (C=O) groups excluding carboxylic acids is 2. The van der Waals surface area contributed by atoms with Gasteiger partial charge in [0.25, 0.3) is 5.91 Å². The lowest BCUT2D eigenvalue weighted by Gasteiger charge is -2.32. The summed E-state index contributed by atoms with van der Waals surface area (Å²) < 4.78 is 18.7. The van der Waals surface area contributed by atoms with E-state index in [-0.39, 0.29) is 23.3 Å². The van der Waals surface area contributed by atoms with Crippen LogP contribution < -0.4 is 10.2 Å². The van der Waals surface area contributed by atoms with Crippen molar-refractivity contribution in [1.82, 2.24) is 14.9 Å². The number of benzene rings is 2. The molecule has 160 valence electrons. The Hall–Kier alpha value is -3.13. The van der Waals surface area contributed by atoms with Crippen LogP contribution in [0.5, 0.6) is 0 Å². The summed E-state index contributed by atoms with van der Waals surface area (Å²) in [4.78, 5) is 28.2. The molecule has 6 nitrogen and oxygen atoms in total. The van der Waals surface area contributed by atoms with Gasteiger partial charge in [-0.25, -0.2) is 4.39 Å². The van der Waals surface area contributed by atoms with Crippen LogP contribution in [0.4, 0.5) is 10.1 Å². The monoisotopic (exact) mass is 438 g/mol. The molecule has 1 fully saturated rings. The zero-order valence-corrected chi connectivity index (χ0v) is 17.9. The van der Waals surface area contributed by atoms with Crippen LogP contribution in [-0.4, -0.2) is 27.4 Å². The van der Waals surface area contributed by atoms with Crippen LogP contribution in [0.1, 0.15) is 53.3 Å². The highest BCUT2D eigenvalue weighted by molar-refractivity contribution is 7.03. The number of para-hydroxylation sites is 1. The summed E-state index contributed by atoms with van der Waals surface area (Å²) in [7, 11) is 0. The quantitative estimate of drug-likeness (QED) is 0.618. The number of halogens is 1. The Balaban J connectivity index is 1.82. The van der Waals surface area contributed by atoms with Crippen LogP contribution >= 0.6 is 11.5 Å². The van der Waals surface area contributed by atoms with Gasteiger partial charge in [0.15, 0.2) is 5.69 Å². The molecule has 0 unspecified atom stereocenters. The van der Waals surface area contributed by atoms with Crippen LogP contribution in [0.2, 0.25) is 0 Å². The highest BCUT2D eigenvalue weighted by Gasteiger charge is 2.36. The number of nitrogens with one attached hydrogen (secondary N) is 1. The van der Waals surface area contributed by atoms with Crippen molar-refractivity contribution in [3.05, 3.63) is 76.5 Å². The van der Waals surface area contributed by atoms with E-state index in [0.29, 0.717) is 5.56 Å². The lowest BCUT2D eigenvalue weighted by molar-refractivity contribution is -0.123. The van der Waals surface area contributed by atoms with Gasteiger partial charge in [0.05, 0.1) is 5.69 Å². The summed E-state index contributed by atoms with van der Waals surface area (Å²) in [6, 6.07) is 12.3. The van der Waals surface area contributed by atoms with Crippen LogP contribution in [0.25, 0.3) is 0 Å². The Bertz CT molecular complexity index is 1050. The molecule has 0 saturated heterocycles. The van der Waals surface area contributed by atoms with Gasteiger partial charge < -0.3 is 5.32 Å². The van der Waals surface area contributed by atoms with Gasteiger partial charge in [-0.05, 0) is 49.0 Å². The summed E-state index contributed by atoms with van der Waals surface area (Å²) in [5, 5.41) is 8.44. The minimum Gasteiger partial charge on any atom is -0.351 e. The minimum absolute atomic E-state index is 0.0210. The number of rotatable bonds is 6. The first-order chi connectivity index (χ1) is 15.0. The maximum Gasteiger partial charge on any atom is 0.280 e. The lowest BCUT2D eigenvalue weighted by atomic mass is 10.0. The number of anilines is 1. The highest BCUT2D eigenvalue weighted by atomic mass is 32.1. The Morgan fingerprint density at radius 3 is 2.48 bits per heavy atom. The van der Waals surface area contributed by atoms with Gasteiger partial charge in [-0.1, -0.05) is 59.3 Å². The van der Waals surface area contributed by atoms with E-state index in [0.717, 1.165) is 42.8 Å². The molecule has 1 atom stereocenters. The van der Waals surface area contributed by atoms with Crippen LogP contribution in [-0.2, 0) is 4.79 Å². The molecule has 0 aliphatic heterocycles. The SMILES string of the molecule is Cc1ccc([C@@H](C(=O)NC2CCCC2)N(C(=O)c2csnn2)c2ccccc2F)cc1. The van der Waals surface area contributed by atoms with Gasteiger partial charge in [-0.15, -0.1) is 5.10 Å². The number of nitrogens with zero attached hydrogens (tertiary/aromatic N) is 3. The molecule has 3 aromatic rings. The normalized spacial score (nSPS) is 14.9. The largest absolute Gasteiger partial charge is 0.351 e. The van der Waals surface area contributed by atoms with Gasteiger partial charge in [-0.2, -0.15) is 0 Å². The van der Waals surface area contributed by atoms with Crippen molar-refractivity contribution in [2.45, 2.75) is 44.7 Å². The molecule has 1 aliphatic carbocycles. The Morgan fingerprint density at radius 2 is 1.84 bits per heavy atom.